The molecule has 0 aromatic carbocycles. The van der Waals surface area contributed by atoms with Gasteiger partial charge in [0, 0.05) is 12.7 Å². The van der Waals surface area contributed by atoms with Crippen LogP contribution in [-0.4, -0.2) is 40.8 Å². The lowest BCUT2D eigenvalue weighted by Crippen LogP contribution is -2.44. The minimum atomic E-state index is -1.16. The smallest absolute Gasteiger partial charge is 0.326 e. The maximum Gasteiger partial charge on any atom is 0.326 e. The first-order chi connectivity index (χ1) is 8.79. The highest BCUT2D eigenvalue weighted by atomic mass is 16.4. The van der Waals surface area contributed by atoms with Crippen molar-refractivity contribution in [2.75, 3.05) is 6.54 Å². The second kappa shape index (κ2) is 8.11. The summed E-state index contributed by atoms with van der Waals surface area (Å²) in [6.45, 7) is 5.04. The molecule has 2 unspecified atom stereocenters. The lowest BCUT2D eigenvalue weighted by atomic mass is 10.0. The van der Waals surface area contributed by atoms with E-state index in [1.807, 2.05) is 0 Å². The van der Waals surface area contributed by atoms with Crippen molar-refractivity contribution in [2.24, 2.45) is 5.92 Å². The van der Waals surface area contributed by atoms with Gasteiger partial charge in [0.2, 0.25) is 0 Å². The Morgan fingerprint density at radius 1 is 1.37 bits per heavy atom. The number of carbonyl (C=O) groups excluding carboxylic acids is 1. The van der Waals surface area contributed by atoms with Gasteiger partial charge in [0.25, 0.3) is 5.91 Å². The van der Waals surface area contributed by atoms with Crippen molar-refractivity contribution in [3.05, 3.63) is 11.8 Å². The number of nitriles is 1. The Morgan fingerprint density at radius 2 is 1.95 bits per heavy atom. The molecule has 4 N–H and O–H groups in total. The Labute approximate surface area is 111 Å². The summed E-state index contributed by atoms with van der Waals surface area (Å²) >= 11 is 0. The van der Waals surface area contributed by atoms with Gasteiger partial charge in [-0.2, -0.15) is 5.26 Å². The molecular weight excluding hydrogens is 250 g/mol. The molecule has 7 heteroatoms. The number of aliphatic hydroxyl groups is 1. The van der Waals surface area contributed by atoms with Gasteiger partial charge in [0.1, 0.15) is 17.7 Å². The number of hydrogen-bond acceptors (Lipinski definition) is 5. The Kier molecular flexibility index (Phi) is 7.22. The fourth-order valence-corrected chi connectivity index (χ4v) is 1.21. The number of aliphatic carboxylic acids is 1. The number of carboxylic acid groups (broad SMARTS) is 1. The van der Waals surface area contributed by atoms with Gasteiger partial charge in [0.05, 0.1) is 6.10 Å². The molecule has 0 aliphatic rings. The Bertz CT molecular complexity index is 396. The Balaban J connectivity index is 4.68. The zero-order valence-electron chi connectivity index (χ0n) is 11.2. The standard InChI is InChI=1S/C12H19N3O4/c1-7(2)10(12(18)19)15-11(17)9(4-13)6-14-5-8(3)16/h6-8,10,14,16H,5H2,1-3H3,(H,15,17)(H,18,19)/b9-6-. The van der Waals surface area contributed by atoms with E-state index in [1.54, 1.807) is 26.8 Å². The highest BCUT2D eigenvalue weighted by Crippen LogP contribution is 2.03. The van der Waals surface area contributed by atoms with Crippen LogP contribution in [0, 0.1) is 17.2 Å². The first-order valence-corrected chi connectivity index (χ1v) is 5.85. The van der Waals surface area contributed by atoms with Crippen molar-refractivity contribution in [3.63, 3.8) is 0 Å². The Morgan fingerprint density at radius 3 is 2.32 bits per heavy atom. The molecule has 0 rings (SSSR count). The van der Waals surface area contributed by atoms with Crippen LogP contribution in [0.2, 0.25) is 0 Å². The normalized spacial score (nSPS) is 14.4. The fraction of sp³-hybridized carbons (Fsp3) is 0.583. The molecule has 0 saturated carbocycles. The molecule has 0 heterocycles. The second-order valence-electron chi connectivity index (χ2n) is 4.46. The molecule has 0 bridgehead atoms. The quantitative estimate of drug-likeness (QED) is 0.368. The third-order valence-electron chi connectivity index (χ3n) is 2.24. The van der Waals surface area contributed by atoms with Crippen molar-refractivity contribution in [3.8, 4) is 6.07 Å². The van der Waals surface area contributed by atoms with Crippen molar-refractivity contribution in [2.45, 2.75) is 32.9 Å². The molecule has 0 aliphatic heterocycles. The van der Waals surface area contributed by atoms with Gasteiger partial charge in [-0.25, -0.2) is 4.79 Å². The maximum atomic E-state index is 11.7. The third-order valence-corrected chi connectivity index (χ3v) is 2.24. The van der Waals surface area contributed by atoms with E-state index < -0.39 is 24.0 Å². The summed E-state index contributed by atoms with van der Waals surface area (Å²) in [4.78, 5) is 22.6. The summed E-state index contributed by atoms with van der Waals surface area (Å²) in [7, 11) is 0. The molecule has 1 amide bonds. The molecule has 2 atom stereocenters. The van der Waals surface area contributed by atoms with E-state index in [4.69, 9.17) is 15.5 Å². The minimum absolute atomic E-state index is 0.186. The van der Waals surface area contributed by atoms with E-state index in [2.05, 4.69) is 10.6 Å². The first kappa shape index (κ1) is 16.9. The number of aliphatic hydroxyl groups excluding tert-OH is 1. The molecular formula is C12H19N3O4. The zero-order valence-corrected chi connectivity index (χ0v) is 11.2. The number of nitrogens with one attached hydrogen (secondary N) is 2. The van der Waals surface area contributed by atoms with Crippen LogP contribution in [0.25, 0.3) is 0 Å². The average molecular weight is 269 g/mol. The summed E-state index contributed by atoms with van der Waals surface area (Å²) in [6.07, 6.45) is 0.531. The topological polar surface area (TPSA) is 122 Å². The van der Waals surface area contributed by atoms with E-state index >= 15 is 0 Å². The summed E-state index contributed by atoms with van der Waals surface area (Å²) in [5.74, 6) is -2.22. The predicted octanol–water partition coefficient (Wildman–Crippen LogP) is -0.410. The SMILES string of the molecule is CC(O)CN/C=C(/C#N)C(=O)NC(C(=O)O)C(C)C. The van der Waals surface area contributed by atoms with Gasteiger partial charge in [-0.15, -0.1) is 0 Å². The number of hydrogen-bond donors (Lipinski definition) is 4. The van der Waals surface area contributed by atoms with Crippen molar-refractivity contribution < 1.29 is 19.8 Å². The van der Waals surface area contributed by atoms with Gasteiger partial charge in [-0.1, -0.05) is 13.8 Å². The summed E-state index contributed by atoms with van der Waals surface area (Å²) in [6, 6.07) is 0.616. The molecule has 0 aromatic heterocycles. The summed E-state index contributed by atoms with van der Waals surface area (Å²) in [5, 5.41) is 31.6. The largest absolute Gasteiger partial charge is 0.480 e. The highest BCUT2D eigenvalue weighted by Gasteiger charge is 2.24. The predicted molar refractivity (Wildman–Crippen MR) is 67.8 cm³/mol. The second-order valence-corrected chi connectivity index (χ2v) is 4.46. The van der Waals surface area contributed by atoms with Crippen molar-refractivity contribution in [1.82, 2.24) is 10.6 Å². The van der Waals surface area contributed by atoms with Crippen LogP contribution in [-0.2, 0) is 9.59 Å². The maximum absolute atomic E-state index is 11.7. The van der Waals surface area contributed by atoms with Crippen LogP contribution in [0.4, 0.5) is 0 Å². The van der Waals surface area contributed by atoms with E-state index in [9.17, 15) is 9.59 Å². The highest BCUT2D eigenvalue weighted by molar-refractivity contribution is 5.99. The number of nitrogens with zero attached hydrogens (tertiary/aromatic N) is 1. The molecule has 0 spiro atoms. The van der Waals surface area contributed by atoms with E-state index in [-0.39, 0.29) is 18.0 Å². The summed E-state index contributed by atoms with van der Waals surface area (Å²) in [5.41, 5.74) is -0.243. The number of amides is 1. The van der Waals surface area contributed by atoms with Crippen LogP contribution < -0.4 is 10.6 Å². The van der Waals surface area contributed by atoms with Crippen LogP contribution in [0.1, 0.15) is 20.8 Å². The van der Waals surface area contributed by atoms with Crippen LogP contribution >= 0.6 is 0 Å². The lowest BCUT2D eigenvalue weighted by Gasteiger charge is -2.17. The van der Waals surface area contributed by atoms with Gasteiger partial charge in [-0.05, 0) is 12.8 Å². The van der Waals surface area contributed by atoms with Crippen LogP contribution in [0.3, 0.4) is 0 Å². The lowest BCUT2D eigenvalue weighted by molar-refractivity contribution is -0.142. The Hall–Kier alpha value is -2.07. The van der Waals surface area contributed by atoms with Crippen molar-refractivity contribution >= 4 is 11.9 Å². The summed E-state index contributed by atoms with van der Waals surface area (Å²) < 4.78 is 0. The number of carbonyl (C=O) groups is 2. The van der Waals surface area contributed by atoms with Crippen LogP contribution in [0.15, 0.2) is 11.8 Å². The molecule has 106 valence electrons. The van der Waals surface area contributed by atoms with Gasteiger partial charge in [-0.3, -0.25) is 4.79 Å². The van der Waals surface area contributed by atoms with Gasteiger partial charge in [0.15, 0.2) is 0 Å². The molecule has 19 heavy (non-hydrogen) atoms. The molecule has 0 fully saturated rings. The molecule has 7 nitrogen and oxygen atoms in total. The monoisotopic (exact) mass is 269 g/mol. The minimum Gasteiger partial charge on any atom is -0.480 e. The number of rotatable bonds is 7. The van der Waals surface area contributed by atoms with E-state index in [1.165, 1.54) is 0 Å². The molecule has 0 aliphatic carbocycles. The number of carboxylic acids is 1. The fourth-order valence-electron chi connectivity index (χ4n) is 1.21. The van der Waals surface area contributed by atoms with Gasteiger partial charge < -0.3 is 20.8 Å². The van der Waals surface area contributed by atoms with Gasteiger partial charge >= 0.3 is 5.97 Å². The van der Waals surface area contributed by atoms with Crippen LogP contribution in [0.5, 0.6) is 0 Å². The van der Waals surface area contributed by atoms with Crippen molar-refractivity contribution in [1.29, 1.82) is 5.26 Å². The van der Waals surface area contributed by atoms with E-state index in [0.717, 1.165) is 6.20 Å². The first-order valence-electron chi connectivity index (χ1n) is 5.85. The molecule has 0 radical (unpaired) electrons. The van der Waals surface area contributed by atoms with E-state index in [0.29, 0.717) is 0 Å². The molecule has 0 aromatic rings. The molecule has 0 saturated heterocycles. The zero-order chi connectivity index (χ0) is 15.0. The average Bonchev–Trinajstić information content (AvgIpc) is 2.30. The third kappa shape index (κ3) is 6.43.